The summed E-state index contributed by atoms with van der Waals surface area (Å²) in [6.45, 7) is 1.97. The van der Waals surface area contributed by atoms with Crippen molar-refractivity contribution in [1.82, 2.24) is 14.7 Å². The smallest absolute Gasteiger partial charge is 0.189 e. The number of hydrogen-bond donors (Lipinski definition) is 0. The highest BCUT2D eigenvalue weighted by Gasteiger charge is 2.18. The van der Waals surface area contributed by atoms with Crippen molar-refractivity contribution in [1.29, 1.82) is 0 Å². The molecule has 0 atom stereocenters. The number of aromatic nitrogens is 2. The van der Waals surface area contributed by atoms with Crippen LogP contribution in [0.15, 0.2) is 24.5 Å². The van der Waals surface area contributed by atoms with Crippen molar-refractivity contribution in [3.63, 3.8) is 0 Å². The number of hydrogen-bond acceptors (Lipinski definition) is 4. The second-order valence-corrected chi connectivity index (χ2v) is 5.36. The van der Waals surface area contributed by atoms with Crippen LogP contribution in [0.5, 0.6) is 5.75 Å². The minimum atomic E-state index is -0.257. The Morgan fingerprint density at radius 2 is 2.24 bits per heavy atom. The molecule has 0 radical (unpaired) electrons. The van der Waals surface area contributed by atoms with Crippen LogP contribution < -0.4 is 4.74 Å². The fourth-order valence-corrected chi connectivity index (χ4v) is 2.59. The molecule has 1 aromatic heterocycles. The van der Waals surface area contributed by atoms with Crippen LogP contribution >= 0.6 is 0 Å². The highest BCUT2D eigenvalue weighted by molar-refractivity contribution is 5.42. The van der Waals surface area contributed by atoms with Crippen LogP contribution in [0.25, 0.3) is 0 Å². The zero-order chi connectivity index (χ0) is 14.8. The fourth-order valence-electron chi connectivity index (χ4n) is 2.59. The van der Waals surface area contributed by atoms with E-state index in [0.29, 0.717) is 13.2 Å². The predicted molar refractivity (Wildman–Crippen MR) is 75.1 cm³/mol. The van der Waals surface area contributed by atoms with E-state index in [2.05, 4.69) is 10.00 Å². The maximum Gasteiger partial charge on any atom is 0.189 e. The van der Waals surface area contributed by atoms with E-state index in [1.807, 2.05) is 26.5 Å². The molecule has 21 heavy (non-hydrogen) atoms. The standard InChI is InChI=1S/C15H18FN3O2/c1-18(6-11-5-17-19(2)7-11)8-12-3-14(16)4-13-9-20-10-21-15(12)13/h3-5,7H,6,8-10H2,1-2H3. The Hall–Kier alpha value is -1.92. The summed E-state index contributed by atoms with van der Waals surface area (Å²) in [5, 5.41) is 4.15. The normalized spacial score (nSPS) is 14.1. The molecule has 0 saturated carbocycles. The van der Waals surface area contributed by atoms with E-state index < -0.39 is 0 Å². The summed E-state index contributed by atoms with van der Waals surface area (Å²) in [6, 6.07) is 3.00. The number of benzene rings is 1. The van der Waals surface area contributed by atoms with Crippen molar-refractivity contribution >= 4 is 0 Å². The maximum absolute atomic E-state index is 13.7. The maximum atomic E-state index is 13.7. The summed E-state index contributed by atoms with van der Waals surface area (Å²) in [6.07, 6.45) is 3.81. The number of rotatable bonds is 4. The van der Waals surface area contributed by atoms with Gasteiger partial charge in [-0.2, -0.15) is 5.10 Å². The van der Waals surface area contributed by atoms with E-state index in [0.717, 1.165) is 29.0 Å². The first-order chi connectivity index (χ1) is 10.1. The minimum Gasteiger partial charge on any atom is -0.467 e. The Balaban J connectivity index is 1.76. The predicted octanol–water partition coefficient (Wildman–Crippen LogP) is 2.06. The van der Waals surface area contributed by atoms with Gasteiger partial charge in [0.1, 0.15) is 11.6 Å². The molecule has 0 aliphatic carbocycles. The summed E-state index contributed by atoms with van der Waals surface area (Å²) in [7, 11) is 3.88. The Kier molecular flexibility index (Phi) is 3.90. The lowest BCUT2D eigenvalue weighted by Crippen LogP contribution is -2.20. The van der Waals surface area contributed by atoms with Gasteiger partial charge in [-0.25, -0.2) is 4.39 Å². The summed E-state index contributed by atoms with van der Waals surface area (Å²) in [5.74, 6) is 0.494. The molecular weight excluding hydrogens is 273 g/mol. The van der Waals surface area contributed by atoms with Crippen LogP contribution in [-0.2, 0) is 31.5 Å². The van der Waals surface area contributed by atoms with E-state index in [1.165, 1.54) is 12.1 Å². The van der Waals surface area contributed by atoms with E-state index >= 15 is 0 Å². The van der Waals surface area contributed by atoms with E-state index in [9.17, 15) is 4.39 Å². The third kappa shape index (κ3) is 3.22. The molecular formula is C15H18FN3O2. The first kappa shape index (κ1) is 14.0. The molecule has 0 N–H and O–H groups in total. The molecule has 2 heterocycles. The third-order valence-corrected chi connectivity index (χ3v) is 3.40. The molecule has 0 spiro atoms. The van der Waals surface area contributed by atoms with Crippen LogP contribution in [-0.4, -0.2) is 28.5 Å². The number of ether oxygens (including phenoxy) is 2. The SMILES string of the molecule is CN(Cc1cnn(C)c1)Cc1cc(F)cc2c1OCOC2. The Morgan fingerprint density at radius 3 is 3.00 bits per heavy atom. The summed E-state index contributed by atoms with van der Waals surface area (Å²) in [4.78, 5) is 2.10. The quantitative estimate of drug-likeness (QED) is 0.864. The van der Waals surface area contributed by atoms with Gasteiger partial charge in [-0.05, 0) is 19.2 Å². The summed E-state index contributed by atoms with van der Waals surface area (Å²) >= 11 is 0. The van der Waals surface area contributed by atoms with Crippen LogP contribution in [0.2, 0.25) is 0 Å². The average molecular weight is 291 g/mol. The lowest BCUT2D eigenvalue weighted by Gasteiger charge is -2.23. The first-order valence-corrected chi connectivity index (χ1v) is 6.80. The van der Waals surface area contributed by atoms with E-state index in [-0.39, 0.29) is 12.6 Å². The van der Waals surface area contributed by atoms with Crippen molar-refractivity contribution in [2.45, 2.75) is 19.7 Å². The molecule has 1 aromatic carbocycles. The van der Waals surface area contributed by atoms with Gasteiger partial charge in [0.2, 0.25) is 0 Å². The minimum absolute atomic E-state index is 0.220. The van der Waals surface area contributed by atoms with Gasteiger partial charge in [-0.15, -0.1) is 0 Å². The number of nitrogens with zero attached hydrogens (tertiary/aromatic N) is 3. The van der Waals surface area contributed by atoms with Crippen LogP contribution in [0.1, 0.15) is 16.7 Å². The van der Waals surface area contributed by atoms with Crippen LogP contribution in [0.3, 0.4) is 0 Å². The third-order valence-electron chi connectivity index (χ3n) is 3.40. The molecule has 3 rings (SSSR count). The number of fused-ring (bicyclic) bond motifs is 1. The molecule has 0 unspecified atom stereocenters. The molecule has 2 aromatic rings. The van der Waals surface area contributed by atoms with Gasteiger partial charge in [-0.3, -0.25) is 9.58 Å². The Labute approximate surface area is 122 Å². The number of halogens is 1. The van der Waals surface area contributed by atoms with Gasteiger partial charge in [0.05, 0.1) is 12.8 Å². The molecule has 5 nitrogen and oxygen atoms in total. The van der Waals surface area contributed by atoms with Gasteiger partial charge in [-0.1, -0.05) is 0 Å². The summed E-state index contributed by atoms with van der Waals surface area (Å²) in [5.41, 5.74) is 2.74. The zero-order valence-electron chi connectivity index (χ0n) is 12.2. The van der Waals surface area contributed by atoms with Crippen molar-refractivity contribution < 1.29 is 13.9 Å². The highest BCUT2D eigenvalue weighted by Crippen LogP contribution is 2.30. The highest BCUT2D eigenvalue weighted by atomic mass is 19.1. The second kappa shape index (κ2) is 5.83. The van der Waals surface area contributed by atoms with Crippen molar-refractivity contribution in [2.75, 3.05) is 13.8 Å². The first-order valence-electron chi connectivity index (χ1n) is 6.80. The topological polar surface area (TPSA) is 39.5 Å². The van der Waals surface area contributed by atoms with Crippen LogP contribution in [0.4, 0.5) is 4.39 Å². The van der Waals surface area contributed by atoms with E-state index in [1.54, 1.807) is 4.68 Å². The molecule has 1 aliphatic heterocycles. The lowest BCUT2D eigenvalue weighted by atomic mass is 10.1. The van der Waals surface area contributed by atoms with Crippen molar-refractivity contribution in [3.05, 3.63) is 47.0 Å². The molecule has 112 valence electrons. The van der Waals surface area contributed by atoms with Gasteiger partial charge >= 0.3 is 0 Å². The molecule has 6 heteroatoms. The largest absolute Gasteiger partial charge is 0.467 e. The fraction of sp³-hybridized carbons (Fsp3) is 0.400. The molecule has 0 fully saturated rings. The molecule has 0 saturated heterocycles. The van der Waals surface area contributed by atoms with Gasteiger partial charge < -0.3 is 9.47 Å². The number of aryl methyl sites for hydroxylation is 1. The molecule has 0 amide bonds. The average Bonchev–Trinajstić information content (AvgIpc) is 2.83. The molecule has 0 bridgehead atoms. The molecule has 1 aliphatic rings. The monoisotopic (exact) mass is 291 g/mol. The lowest BCUT2D eigenvalue weighted by molar-refractivity contribution is -0.0176. The van der Waals surface area contributed by atoms with Crippen molar-refractivity contribution in [2.24, 2.45) is 7.05 Å². The van der Waals surface area contributed by atoms with E-state index in [4.69, 9.17) is 9.47 Å². The van der Waals surface area contributed by atoms with Gasteiger partial charge in [0.15, 0.2) is 6.79 Å². The Morgan fingerprint density at radius 1 is 1.38 bits per heavy atom. The Bertz CT molecular complexity index is 642. The van der Waals surface area contributed by atoms with Gasteiger partial charge in [0, 0.05) is 43.0 Å². The van der Waals surface area contributed by atoms with Crippen LogP contribution in [0, 0.1) is 5.82 Å². The van der Waals surface area contributed by atoms with Gasteiger partial charge in [0.25, 0.3) is 0 Å². The second-order valence-electron chi connectivity index (χ2n) is 5.36. The summed E-state index contributed by atoms with van der Waals surface area (Å²) < 4.78 is 26.2. The zero-order valence-corrected chi connectivity index (χ0v) is 12.2. The van der Waals surface area contributed by atoms with Crippen molar-refractivity contribution in [3.8, 4) is 5.75 Å².